The van der Waals surface area contributed by atoms with Gasteiger partial charge in [-0.25, -0.2) is 0 Å². The van der Waals surface area contributed by atoms with Gasteiger partial charge in [-0.05, 0) is 30.9 Å². The van der Waals surface area contributed by atoms with Crippen LogP contribution in [0.4, 0.5) is 0 Å². The van der Waals surface area contributed by atoms with Gasteiger partial charge in [0.15, 0.2) is 5.82 Å². The first-order valence-electron chi connectivity index (χ1n) is 8.41. The molecule has 0 saturated carbocycles. The van der Waals surface area contributed by atoms with Gasteiger partial charge in [-0.1, -0.05) is 23.4 Å². The predicted molar refractivity (Wildman–Crippen MR) is 89.2 cm³/mol. The fourth-order valence-corrected chi connectivity index (χ4v) is 3.10. The third kappa shape index (κ3) is 4.20. The summed E-state index contributed by atoms with van der Waals surface area (Å²) < 4.78 is 10.4. The van der Waals surface area contributed by atoms with Crippen LogP contribution < -0.4 is 0 Å². The summed E-state index contributed by atoms with van der Waals surface area (Å²) in [7, 11) is 1.62. The van der Waals surface area contributed by atoms with Crippen molar-refractivity contribution in [3.05, 3.63) is 36.2 Å². The minimum atomic E-state index is 0.166. The molecule has 2 heterocycles. The van der Waals surface area contributed by atoms with Gasteiger partial charge in [-0.15, -0.1) is 0 Å². The Labute approximate surface area is 141 Å². The van der Waals surface area contributed by atoms with E-state index >= 15 is 0 Å². The third-order valence-corrected chi connectivity index (χ3v) is 4.35. The average Bonchev–Trinajstić information content (AvgIpc) is 3.09. The van der Waals surface area contributed by atoms with E-state index in [0.717, 1.165) is 37.9 Å². The Morgan fingerprint density at radius 1 is 1.38 bits per heavy atom. The fraction of sp³-hybridized carbons (Fsp3) is 0.500. The van der Waals surface area contributed by atoms with E-state index in [4.69, 9.17) is 9.26 Å². The van der Waals surface area contributed by atoms with Gasteiger partial charge in [0.1, 0.15) is 0 Å². The zero-order valence-electron chi connectivity index (χ0n) is 14.0. The van der Waals surface area contributed by atoms with Crippen LogP contribution in [0.3, 0.4) is 0 Å². The lowest BCUT2D eigenvalue weighted by Gasteiger charge is -2.32. The molecule has 1 fully saturated rings. The molecule has 0 radical (unpaired) electrons. The number of carbonyl (C=O) groups is 1. The minimum Gasteiger partial charge on any atom is -0.384 e. The van der Waals surface area contributed by atoms with Crippen molar-refractivity contribution in [1.82, 2.24) is 15.0 Å². The lowest BCUT2D eigenvalue weighted by molar-refractivity contribution is -0.133. The fourth-order valence-electron chi connectivity index (χ4n) is 3.10. The highest BCUT2D eigenvalue weighted by Crippen LogP contribution is 2.22. The number of hydrogen-bond acceptors (Lipinski definition) is 5. The highest BCUT2D eigenvalue weighted by Gasteiger charge is 2.25. The van der Waals surface area contributed by atoms with Crippen LogP contribution >= 0.6 is 0 Å². The quantitative estimate of drug-likeness (QED) is 0.815. The van der Waals surface area contributed by atoms with Gasteiger partial charge < -0.3 is 14.2 Å². The molecule has 1 aromatic carbocycles. The second-order valence-electron chi connectivity index (χ2n) is 6.18. The van der Waals surface area contributed by atoms with Crippen LogP contribution in [-0.2, 0) is 16.0 Å². The van der Waals surface area contributed by atoms with Crippen molar-refractivity contribution in [3.63, 3.8) is 0 Å². The Kier molecular flexibility index (Phi) is 5.59. The summed E-state index contributed by atoms with van der Waals surface area (Å²) in [4.78, 5) is 18.6. The first kappa shape index (κ1) is 16.6. The number of likely N-dealkylation sites (tertiary alicyclic amines) is 1. The maximum Gasteiger partial charge on any atom is 0.257 e. The highest BCUT2D eigenvalue weighted by molar-refractivity contribution is 5.76. The summed E-state index contributed by atoms with van der Waals surface area (Å²) in [6.45, 7) is 2.07. The minimum absolute atomic E-state index is 0.166. The van der Waals surface area contributed by atoms with Crippen molar-refractivity contribution in [3.8, 4) is 11.5 Å². The Balaban J connectivity index is 1.58. The van der Waals surface area contributed by atoms with Gasteiger partial charge in [0.2, 0.25) is 5.91 Å². The summed E-state index contributed by atoms with van der Waals surface area (Å²) in [5.74, 6) is 1.81. The van der Waals surface area contributed by atoms with Crippen LogP contribution in [0.1, 0.15) is 25.1 Å². The molecule has 24 heavy (non-hydrogen) atoms. The van der Waals surface area contributed by atoms with E-state index in [1.807, 2.05) is 35.2 Å². The zero-order valence-corrected chi connectivity index (χ0v) is 14.0. The number of ether oxygens (including phenoxy) is 1. The first-order valence-corrected chi connectivity index (χ1v) is 8.41. The van der Waals surface area contributed by atoms with Crippen molar-refractivity contribution < 1.29 is 14.1 Å². The number of benzene rings is 1. The normalized spacial score (nSPS) is 17.9. The number of piperidine rings is 1. The van der Waals surface area contributed by atoms with Gasteiger partial charge in [0, 0.05) is 32.2 Å². The molecule has 0 N–H and O–H groups in total. The van der Waals surface area contributed by atoms with E-state index in [9.17, 15) is 4.79 Å². The summed E-state index contributed by atoms with van der Waals surface area (Å²) in [5.41, 5.74) is 0.927. The summed E-state index contributed by atoms with van der Waals surface area (Å²) in [6, 6.07) is 9.76. The largest absolute Gasteiger partial charge is 0.384 e. The maximum absolute atomic E-state index is 12.1. The number of hydrogen-bond donors (Lipinski definition) is 0. The molecule has 1 unspecified atom stereocenters. The predicted octanol–water partition coefficient (Wildman–Crippen LogP) is 2.55. The van der Waals surface area contributed by atoms with Gasteiger partial charge in [0.25, 0.3) is 5.89 Å². The van der Waals surface area contributed by atoms with Crippen LogP contribution in [0.25, 0.3) is 11.5 Å². The molecule has 128 valence electrons. The Morgan fingerprint density at radius 2 is 2.21 bits per heavy atom. The van der Waals surface area contributed by atoms with Crippen molar-refractivity contribution in [2.75, 3.05) is 26.8 Å². The monoisotopic (exact) mass is 329 g/mol. The summed E-state index contributed by atoms with van der Waals surface area (Å²) >= 11 is 0. The topological polar surface area (TPSA) is 68.5 Å². The number of carbonyl (C=O) groups excluding carboxylic acids is 1. The molecule has 1 atom stereocenters. The Bertz CT molecular complexity index is 657. The van der Waals surface area contributed by atoms with Crippen molar-refractivity contribution in [2.24, 2.45) is 5.92 Å². The van der Waals surface area contributed by atoms with Crippen molar-refractivity contribution in [2.45, 2.75) is 25.7 Å². The van der Waals surface area contributed by atoms with Gasteiger partial charge in [-0.3, -0.25) is 4.79 Å². The number of amides is 1. The number of aromatic nitrogens is 2. The van der Waals surface area contributed by atoms with Crippen LogP contribution in [0, 0.1) is 5.92 Å². The van der Waals surface area contributed by atoms with Crippen LogP contribution in [0.2, 0.25) is 0 Å². The van der Waals surface area contributed by atoms with E-state index in [2.05, 4.69) is 10.1 Å². The summed E-state index contributed by atoms with van der Waals surface area (Å²) in [6.07, 6.45) is 3.30. The molecule has 0 aliphatic carbocycles. The zero-order chi connectivity index (χ0) is 16.8. The van der Waals surface area contributed by atoms with E-state index < -0.39 is 0 Å². The highest BCUT2D eigenvalue weighted by atomic mass is 16.5. The van der Waals surface area contributed by atoms with E-state index in [1.165, 1.54) is 0 Å². The molecule has 6 heteroatoms. The Hall–Kier alpha value is -2.21. The molecule has 1 aliphatic rings. The summed E-state index contributed by atoms with van der Waals surface area (Å²) in [5, 5.41) is 4.10. The number of methoxy groups -OCH3 is 1. The smallest absolute Gasteiger partial charge is 0.257 e. The maximum atomic E-state index is 12.1. The molecule has 1 amide bonds. The SMILES string of the molecule is COCCC(=O)N1CCCC(Cc2noc(-c3ccccc3)n2)C1. The standard InChI is InChI=1S/C18H23N3O3/c1-23-11-9-17(22)21-10-5-6-14(13-21)12-16-19-18(24-20-16)15-7-3-2-4-8-15/h2-4,7-8,14H,5-6,9-13H2,1H3. The van der Waals surface area contributed by atoms with Gasteiger partial charge >= 0.3 is 0 Å². The van der Waals surface area contributed by atoms with E-state index in [0.29, 0.717) is 30.7 Å². The molecule has 1 aliphatic heterocycles. The molecule has 0 spiro atoms. The molecule has 2 aromatic rings. The van der Waals surface area contributed by atoms with Crippen LogP contribution in [0.5, 0.6) is 0 Å². The molecule has 3 rings (SSSR count). The molecular weight excluding hydrogens is 306 g/mol. The van der Waals surface area contributed by atoms with Crippen molar-refractivity contribution in [1.29, 1.82) is 0 Å². The van der Waals surface area contributed by atoms with Crippen LogP contribution in [-0.4, -0.2) is 47.8 Å². The second kappa shape index (κ2) is 8.06. The molecular formula is C18H23N3O3. The van der Waals surface area contributed by atoms with Crippen molar-refractivity contribution >= 4 is 5.91 Å². The molecule has 0 bridgehead atoms. The van der Waals surface area contributed by atoms with Crippen LogP contribution in [0.15, 0.2) is 34.9 Å². The number of nitrogens with zero attached hydrogens (tertiary/aromatic N) is 3. The lowest BCUT2D eigenvalue weighted by atomic mass is 9.94. The molecule has 1 aromatic heterocycles. The molecule has 6 nitrogen and oxygen atoms in total. The first-order chi connectivity index (χ1) is 11.8. The van der Waals surface area contributed by atoms with E-state index in [-0.39, 0.29) is 5.91 Å². The van der Waals surface area contributed by atoms with Gasteiger partial charge in [0.05, 0.1) is 13.0 Å². The lowest BCUT2D eigenvalue weighted by Crippen LogP contribution is -2.40. The third-order valence-electron chi connectivity index (χ3n) is 4.35. The van der Waals surface area contributed by atoms with Gasteiger partial charge in [-0.2, -0.15) is 4.98 Å². The average molecular weight is 329 g/mol. The van der Waals surface area contributed by atoms with E-state index in [1.54, 1.807) is 7.11 Å². The molecule has 1 saturated heterocycles. The Morgan fingerprint density at radius 3 is 3.00 bits per heavy atom. The number of rotatable bonds is 6. The second-order valence-corrected chi connectivity index (χ2v) is 6.18.